The normalized spacial score (nSPS) is 10.1. The summed E-state index contributed by atoms with van der Waals surface area (Å²) >= 11 is 3.40. The molecule has 0 fully saturated rings. The lowest BCUT2D eigenvalue weighted by Gasteiger charge is -2.09. The lowest BCUT2D eigenvalue weighted by molar-refractivity contribution is -0.384. The van der Waals surface area contributed by atoms with Gasteiger partial charge in [-0.2, -0.15) is 0 Å². The Labute approximate surface area is 123 Å². The molecule has 1 amide bonds. The molecule has 102 valence electrons. The predicted molar refractivity (Wildman–Crippen MR) is 79.9 cm³/mol. The van der Waals surface area contributed by atoms with Crippen LogP contribution in [0.25, 0.3) is 0 Å². The first-order valence-electron chi connectivity index (χ1n) is 5.80. The molecule has 2 aromatic rings. The van der Waals surface area contributed by atoms with Crippen LogP contribution >= 0.6 is 15.9 Å². The first-order chi connectivity index (χ1) is 9.49. The second-order valence-electron chi connectivity index (χ2n) is 4.20. The van der Waals surface area contributed by atoms with E-state index in [1.807, 2.05) is 19.1 Å². The van der Waals surface area contributed by atoms with Gasteiger partial charge in [-0.3, -0.25) is 14.9 Å². The van der Waals surface area contributed by atoms with Crippen molar-refractivity contribution in [3.8, 4) is 0 Å². The van der Waals surface area contributed by atoms with Crippen molar-refractivity contribution in [3.63, 3.8) is 0 Å². The number of anilines is 1. The van der Waals surface area contributed by atoms with E-state index in [-0.39, 0.29) is 17.2 Å². The lowest BCUT2D eigenvalue weighted by Crippen LogP contribution is -2.12. The molecule has 0 heterocycles. The topological polar surface area (TPSA) is 72.2 Å². The van der Waals surface area contributed by atoms with Crippen molar-refractivity contribution < 1.29 is 9.72 Å². The van der Waals surface area contributed by atoms with Gasteiger partial charge in [0.25, 0.3) is 11.6 Å². The molecular formula is C14H11BrN2O3. The van der Waals surface area contributed by atoms with Crippen LogP contribution in [-0.4, -0.2) is 10.8 Å². The summed E-state index contributed by atoms with van der Waals surface area (Å²) < 4.78 is 0.791. The SMILES string of the molecule is Cc1cccc(NC(=O)c2cccc([N+](=O)[O-])c2)c1Br. The van der Waals surface area contributed by atoms with Crippen molar-refractivity contribution in [2.45, 2.75) is 6.92 Å². The summed E-state index contributed by atoms with van der Waals surface area (Å²) in [6.07, 6.45) is 0. The number of nitro groups is 1. The molecule has 2 rings (SSSR count). The van der Waals surface area contributed by atoms with E-state index in [1.165, 1.54) is 24.3 Å². The summed E-state index contributed by atoms with van der Waals surface area (Å²) in [5, 5.41) is 13.4. The summed E-state index contributed by atoms with van der Waals surface area (Å²) in [7, 11) is 0. The van der Waals surface area contributed by atoms with E-state index in [0.717, 1.165) is 10.0 Å². The maximum absolute atomic E-state index is 12.1. The smallest absolute Gasteiger partial charge is 0.270 e. The molecule has 0 radical (unpaired) electrons. The van der Waals surface area contributed by atoms with Crippen LogP contribution in [0.3, 0.4) is 0 Å². The number of rotatable bonds is 3. The number of carbonyl (C=O) groups excluding carboxylic acids is 1. The summed E-state index contributed by atoms with van der Waals surface area (Å²) in [5.74, 6) is -0.389. The Bertz CT molecular complexity index is 686. The molecule has 0 aliphatic heterocycles. The van der Waals surface area contributed by atoms with Gasteiger partial charge in [-0.1, -0.05) is 18.2 Å². The van der Waals surface area contributed by atoms with Crippen LogP contribution in [-0.2, 0) is 0 Å². The molecular weight excluding hydrogens is 324 g/mol. The largest absolute Gasteiger partial charge is 0.321 e. The molecule has 0 unspecified atom stereocenters. The molecule has 6 heteroatoms. The molecule has 20 heavy (non-hydrogen) atoms. The fourth-order valence-electron chi connectivity index (χ4n) is 1.70. The van der Waals surface area contributed by atoms with Gasteiger partial charge in [0.2, 0.25) is 0 Å². The average Bonchev–Trinajstić information content (AvgIpc) is 2.44. The van der Waals surface area contributed by atoms with E-state index in [4.69, 9.17) is 0 Å². The van der Waals surface area contributed by atoms with E-state index >= 15 is 0 Å². The molecule has 0 aliphatic carbocycles. The van der Waals surface area contributed by atoms with E-state index < -0.39 is 4.92 Å². The van der Waals surface area contributed by atoms with Crippen LogP contribution < -0.4 is 5.32 Å². The fourth-order valence-corrected chi connectivity index (χ4v) is 2.06. The third kappa shape index (κ3) is 3.03. The molecule has 0 aliphatic rings. The standard InChI is InChI=1S/C14H11BrN2O3/c1-9-4-2-7-12(13(9)15)16-14(18)10-5-3-6-11(8-10)17(19)20/h2-8H,1H3,(H,16,18). The van der Waals surface area contributed by atoms with Crippen LogP contribution in [0.2, 0.25) is 0 Å². The van der Waals surface area contributed by atoms with Gasteiger partial charge in [0.15, 0.2) is 0 Å². The van der Waals surface area contributed by atoms with E-state index in [0.29, 0.717) is 5.69 Å². The lowest BCUT2D eigenvalue weighted by atomic mass is 10.1. The Hall–Kier alpha value is -2.21. The molecule has 0 saturated carbocycles. The number of non-ortho nitro benzene ring substituents is 1. The molecule has 0 bridgehead atoms. The number of hydrogen-bond donors (Lipinski definition) is 1. The highest BCUT2D eigenvalue weighted by Crippen LogP contribution is 2.26. The highest BCUT2D eigenvalue weighted by molar-refractivity contribution is 9.10. The zero-order valence-corrected chi connectivity index (χ0v) is 12.2. The summed E-state index contributed by atoms with van der Waals surface area (Å²) in [4.78, 5) is 22.3. The molecule has 0 aromatic heterocycles. The Morgan fingerprint density at radius 3 is 2.65 bits per heavy atom. The highest BCUT2D eigenvalue weighted by atomic mass is 79.9. The number of aryl methyl sites for hydroxylation is 1. The quantitative estimate of drug-likeness (QED) is 0.683. The first kappa shape index (κ1) is 14.2. The zero-order chi connectivity index (χ0) is 14.7. The maximum atomic E-state index is 12.1. The maximum Gasteiger partial charge on any atom is 0.270 e. The van der Waals surface area contributed by atoms with Gasteiger partial charge < -0.3 is 5.32 Å². The molecule has 5 nitrogen and oxygen atoms in total. The molecule has 0 atom stereocenters. The second-order valence-corrected chi connectivity index (χ2v) is 4.99. The van der Waals surface area contributed by atoms with Crippen LogP contribution in [0, 0.1) is 17.0 Å². The van der Waals surface area contributed by atoms with Crippen molar-refractivity contribution >= 4 is 33.2 Å². The van der Waals surface area contributed by atoms with Gasteiger partial charge in [-0.25, -0.2) is 0 Å². The summed E-state index contributed by atoms with van der Waals surface area (Å²) in [6, 6.07) is 11.1. The monoisotopic (exact) mass is 334 g/mol. The Morgan fingerprint density at radius 2 is 1.95 bits per heavy atom. The number of amides is 1. The van der Waals surface area contributed by atoms with Gasteiger partial charge in [0.05, 0.1) is 10.6 Å². The Kier molecular flexibility index (Phi) is 4.14. The number of halogens is 1. The third-order valence-electron chi connectivity index (χ3n) is 2.76. The summed E-state index contributed by atoms with van der Waals surface area (Å²) in [6.45, 7) is 1.91. The number of hydrogen-bond acceptors (Lipinski definition) is 3. The van der Waals surface area contributed by atoms with Gasteiger partial charge in [0.1, 0.15) is 0 Å². The Balaban J connectivity index is 2.26. The number of nitro benzene ring substituents is 1. The fraction of sp³-hybridized carbons (Fsp3) is 0.0714. The van der Waals surface area contributed by atoms with Crippen LogP contribution in [0.15, 0.2) is 46.9 Å². The minimum Gasteiger partial charge on any atom is -0.321 e. The molecule has 0 spiro atoms. The van der Waals surface area contributed by atoms with Gasteiger partial charge in [0, 0.05) is 22.2 Å². The number of carbonyl (C=O) groups is 1. The van der Waals surface area contributed by atoms with E-state index in [1.54, 1.807) is 6.07 Å². The average molecular weight is 335 g/mol. The van der Waals surface area contributed by atoms with Gasteiger partial charge in [-0.05, 0) is 40.5 Å². The predicted octanol–water partition coefficient (Wildman–Crippen LogP) is 3.92. The van der Waals surface area contributed by atoms with Crippen molar-refractivity contribution in [1.82, 2.24) is 0 Å². The molecule has 1 N–H and O–H groups in total. The minimum atomic E-state index is -0.528. The Morgan fingerprint density at radius 1 is 1.25 bits per heavy atom. The number of nitrogens with zero attached hydrogens (tertiary/aromatic N) is 1. The van der Waals surface area contributed by atoms with Crippen molar-refractivity contribution in [1.29, 1.82) is 0 Å². The molecule has 0 saturated heterocycles. The number of benzene rings is 2. The van der Waals surface area contributed by atoms with Gasteiger partial charge in [-0.15, -0.1) is 0 Å². The van der Waals surface area contributed by atoms with Crippen molar-refractivity contribution in [2.24, 2.45) is 0 Å². The summed E-state index contributed by atoms with van der Waals surface area (Å²) in [5.41, 5.74) is 1.75. The van der Waals surface area contributed by atoms with E-state index in [2.05, 4.69) is 21.2 Å². The third-order valence-corrected chi connectivity index (χ3v) is 3.81. The van der Waals surface area contributed by atoms with Gasteiger partial charge >= 0.3 is 0 Å². The zero-order valence-electron chi connectivity index (χ0n) is 10.6. The van der Waals surface area contributed by atoms with Crippen LogP contribution in [0.5, 0.6) is 0 Å². The highest BCUT2D eigenvalue weighted by Gasteiger charge is 2.13. The van der Waals surface area contributed by atoms with Crippen molar-refractivity contribution in [3.05, 3.63) is 68.2 Å². The number of nitrogens with one attached hydrogen (secondary N) is 1. The van der Waals surface area contributed by atoms with Crippen molar-refractivity contribution in [2.75, 3.05) is 5.32 Å². The molecule has 2 aromatic carbocycles. The minimum absolute atomic E-state index is 0.110. The first-order valence-corrected chi connectivity index (χ1v) is 6.59. The van der Waals surface area contributed by atoms with Crippen LogP contribution in [0.4, 0.5) is 11.4 Å². The van der Waals surface area contributed by atoms with E-state index in [9.17, 15) is 14.9 Å². The van der Waals surface area contributed by atoms with Crippen LogP contribution in [0.1, 0.15) is 15.9 Å². The second kappa shape index (κ2) is 5.83.